The van der Waals surface area contributed by atoms with Gasteiger partial charge in [-0.25, -0.2) is 0 Å². The van der Waals surface area contributed by atoms with E-state index in [9.17, 15) is 4.79 Å². The van der Waals surface area contributed by atoms with Crippen LogP contribution in [-0.2, 0) is 14.9 Å². The van der Waals surface area contributed by atoms with Gasteiger partial charge in [-0.15, -0.1) is 0 Å². The molecule has 0 bridgehead atoms. The van der Waals surface area contributed by atoms with Gasteiger partial charge in [0.15, 0.2) is 11.5 Å². The standard InChI is InChI=1S/C19H30N2O4/c1-19(2,14-5-6-15(23-3)16(11-14)24-4)12-21-18(22)17(20)13-7-9-25-10-8-13/h5-6,11,13,17H,7-10,12,20H2,1-4H3,(H,21,22). The Bertz CT molecular complexity index is 583. The van der Waals surface area contributed by atoms with Gasteiger partial charge in [0, 0.05) is 25.2 Å². The molecule has 0 aliphatic carbocycles. The molecule has 140 valence electrons. The molecule has 6 heteroatoms. The third-order valence-corrected chi connectivity index (χ3v) is 4.95. The molecule has 0 spiro atoms. The van der Waals surface area contributed by atoms with Crippen molar-refractivity contribution in [3.63, 3.8) is 0 Å². The van der Waals surface area contributed by atoms with Crippen LogP contribution in [0.1, 0.15) is 32.3 Å². The Morgan fingerprint density at radius 2 is 1.92 bits per heavy atom. The van der Waals surface area contributed by atoms with Crippen LogP contribution in [0.25, 0.3) is 0 Å². The molecule has 1 saturated heterocycles. The minimum absolute atomic E-state index is 0.0968. The quantitative estimate of drug-likeness (QED) is 0.784. The van der Waals surface area contributed by atoms with E-state index in [4.69, 9.17) is 19.9 Å². The number of carbonyl (C=O) groups excluding carboxylic acids is 1. The number of ether oxygens (including phenoxy) is 3. The fourth-order valence-corrected chi connectivity index (χ4v) is 3.07. The zero-order valence-corrected chi connectivity index (χ0v) is 15.6. The maximum atomic E-state index is 12.4. The molecule has 1 unspecified atom stereocenters. The Kier molecular flexibility index (Phi) is 6.67. The summed E-state index contributed by atoms with van der Waals surface area (Å²) in [5.74, 6) is 1.46. The average molecular weight is 350 g/mol. The zero-order valence-electron chi connectivity index (χ0n) is 15.6. The second-order valence-corrected chi connectivity index (χ2v) is 7.15. The number of hydrogen-bond acceptors (Lipinski definition) is 5. The second-order valence-electron chi connectivity index (χ2n) is 7.15. The lowest BCUT2D eigenvalue weighted by Crippen LogP contribution is -2.49. The summed E-state index contributed by atoms with van der Waals surface area (Å²) in [7, 11) is 3.23. The Morgan fingerprint density at radius 1 is 1.28 bits per heavy atom. The van der Waals surface area contributed by atoms with Crippen molar-refractivity contribution in [3.8, 4) is 11.5 Å². The van der Waals surface area contributed by atoms with Crippen molar-refractivity contribution in [2.75, 3.05) is 34.0 Å². The van der Waals surface area contributed by atoms with Crippen LogP contribution in [0, 0.1) is 5.92 Å². The fraction of sp³-hybridized carbons (Fsp3) is 0.632. The smallest absolute Gasteiger partial charge is 0.237 e. The average Bonchev–Trinajstić information content (AvgIpc) is 2.65. The molecule has 1 aliphatic heterocycles. The highest BCUT2D eigenvalue weighted by Gasteiger charge is 2.29. The van der Waals surface area contributed by atoms with Crippen molar-refractivity contribution in [3.05, 3.63) is 23.8 Å². The third kappa shape index (κ3) is 4.86. The molecule has 0 saturated carbocycles. The normalized spacial score (nSPS) is 17.0. The maximum absolute atomic E-state index is 12.4. The van der Waals surface area contributed by atoms with Crippen molar-refractivity contribution >= 4 is 5.91 Å². The predicted molar refractivity (Wildman–Crippen MR) is 97.1 cm³/mol. The van der Waals surface area contributed by atoms with Crippen molar-refractivity contribution in [2.24, 2.45) is 11.7 Å². The summed E-state index contributed by atoms with van der Waals surface area (Å²) in [6.07, 6.45) is 1.68. The van der Waals surface area contributed by atoms with Gasteiger partial charge in [0.2, 0.25) is 5.91 Å². The second kappa shape index (κ2) is 8.54. The van der Waals surface area contributed by atoms with E-state index >= 15 is 0 Å². The predicted octanol–water partition coefficient (Wildman–Crippen LogP) is 1.85. The van der Waals surface area contributed by atoms with Gasteiger partial charge in [-0.05, 0) is 36.5 Å². The summed E-state index contributed by atoms with van der Waals surface area (Å²) in [5, 5.41) is 3.01. The highest BCUT2D eigenvalue weighted by molar-refractivity contribution is 5.82. The van der Waals surface area contributed by atoms with Crippen LogP contribution in [-0.4, -0.2) is 45.9 Å². The topological polar surface area (TPSA) is 82.8 Å². The Balaban J connectivity index is 1.99. The molecule has 1 aromatic rings. The molecule has 3 N–H and O–H groups in total. The lowest BCUT2D eigenvalue weighted by atomic mass is 9.84. The van der Waals surface area contributed by atoms with Crippen LogP contribution >= 0.6 is 0 Å². The van der Waals surface area contributed by atoms with Crippen molar-refractivity contribution < 1.29 is 19.0 Å². The van der Waals surface area contributed by atoms with E-state index in [1.165, 1.54) is 0 Å². The van der Waals surface area contributed by atoms with E-state index in [2.05, 4.69) is 19.2 Å². The summed E-state index contributed by atoms with van der Waals surface area (Å²) < 4.78 is 16.0. The first kappa shape index (κ1) is 19.5. The number of nitrogens with two attached hydrogens (primary N) is 1. The first-order valence-electron chi connectivity index (χ1n) is 8.72. The minimum Gasteiger partial charge on any atom is -0.493 e. The van der Waals surface area contributed by atoms with Gasteiger partial charge in [0.25, 0.3) is 0 Å². The SMILES string of the molecule is COc1ccc(C(C)(C)CNC(=O)C(N)C2CCOCC2)cc1OC. The van der Waals surface area contributed by atoms with Gasteiger partial charge in [-0.2, -0.15) is 0 Å². The summed E-state index contributed by atoms with van der Waals surface area (Å²) in [5.41, 5.74) is 6.94. The summed E-state index contributed by atoms with van der Waals surface area (Å²) in [4.78, 5) is 12.4. The number of hydrogen-bond donors (Lipinski definition) is 2. The first-order valence-corrected chi connectivity index (χ1v) is 8.72. The molecule has 1 fully saturated rings. The minimum atomic E-state index is -0.481. The number of nitrogens with one attached hydrogen (secondary N) is 1. The van der Waals surface area contributed by atoms with E-state index in [1.54, 1.807) is 14.2 Å². The highest BCUT2D eigenvalue weighted by Crippen LogP contribution is 2.33. The Labute approximate surface area is 150 Å². The van der Waals surface area contributed by atoms with E-state index in [0.29, 0.717) is 31.3 Å². The number of carbonyl (C=O) groups is 1. The zero-order chi connectivity index (χ0) is 18.4. The Morgan fingerprint density at radius 3 is 2.52 bits per heavy atom. The van der Waals surface area contributed by atoms with Gasteiger partial charge in [0.1, 0.15) is 0 Å². The number of amides is 1. The van der Waals surface area contributed by atoms with Crippen molar-refractivity contribution in [1.29, 1.82) is 0 Å². The van der Waals surface area contributed by atoms with Crippen LogP contribution in [0.4, 0.5) is 0 Å². The summed E-state index contributed by atoms with van der Waals surface area (Å²) >= 11 is 0. The van der Waals surface area contributed by atoms with E-state index in [1.807, 2.05) is 18.2 Å². The number of rotatable bonds is 7. The van der Waals surface area contributed by atoms with Gasteiger partial charge in [0.05, 0.1) is 20.3 Å². The monoisotopic (exact) mass is 350 g/mol. The Hall–Kier alpha value is -1.79. The van der Waals surface area contributed by atoms with Crippen LogP contribution < -0.4 is 20.5 Å². The van der Waals surface area contributed by atoms with Gasteiger partial charge >= 0.3 is 0 Å². The van der Waals surface area contributed by atoms with Crippen LogP contribution in [0.5, 0.6) is 11.5 Å². The van der Waals surface area contributed by atoms with Gasteiger partial charge in [-0.3, -0.25) is 4.79 Å². The van der Waals surface area contributed by atoms with Crippen LogP contribution in [0.3, 0.4) is 0 Å². The van der Waals surface area contributed by atoms with E-state index < -0.39 is 6.04 Å². The largest absolute Gasteiger partial charge is 0.493 e. The highest BCUT2D eigenvalue weighted by atomic mass is 16.5. The van der Waals surface area contributed by atoms with E-state index in [-0.39, 0.29) is 17.2 Å². The fourth-order valence-electron chi connectivity index (χ4n) is 3.07. The lowest BCUT2D eigenvalue weighted by Gasteiger charge is -2.30. The third-order valence-electron chi connectivity index (χ3n) is 4.95. The molecular formula is C19H30N2O4. The molecule has 25 heavy (non-hydrogen) atoms. The number of methoxy groups -OCH3 is 2. The van der Waals surface area contributed by atoms with Gasteiger partial charge < -0.3 is 25.3 Å². The molecule has 2 rings (SSSR count). The van der Waals surface area contributed by atoms with Crippen molar-refractivity contribution in [2.45, 2.75) is 38.1 Å². The first-order chi connectivity index (χ1) is 11.9. The maximum Gasteiger partial charge on any atom is 0.237 e. The molecule has 1 aromatic carbocycles. The summed E-state index contributed by atoms with van der Waals surface area (Å²) in [6, 6.07) is 5.34. The number of benzene rings is 1. The molecule has 1 amide bonds. The summed E-state index contributed by atoms with van der Waals surface area (Å²) in [6.45, 7) is 6.02. The lowest BCUT2D eigenvalue weighted by molar-refractivity contribution is -0.124. The molecule has 6 nitrogen and oxygen atoms in total. The van der Waals surface area contributed by atoms with Crippen LogP contribution in [0.15, 0.2) is 18.2 Å². The van der Waals surface area contributed by atoms with Crippen molar-refractivity contribution in [1.82, 2.24) is 5.32 Å². The molecule has 0 aromatic heterocycles. The van der Waals surface area contributed by atoms with E-state index in [0.717, 1.165) is 18.4 Å². The molecular weight excluding hydrogens is 320 g/mol. The van der Waals surface area contributed by atoms with Gasteiger partial charge in [-0.1, -0.05) is 19.9 Å². The molecule has 0 radical (unpaired) electrons. The van der Waals surface area contributed by atoms with Crippen LogP contribution in [0.2, 0.25) is 0 Å². The molecule has 1 atom stereocenters. The molecule has 1 aliphatic rings. The molecule has 1 heterocycles.